The first kappa shape index (κ1) is 13.1. The van der Waals surface area contributed by atoms with E-state index in [-0.39, 0.29) is 0 Å². The maximum atomic E-state index is 3.44. The minimum absolute atomic E-state index is 0.630. The molecule has 0 aliphatic heterocycles. The third kappa shape index (κ3) is 7.04. The Morgan fingerprint density at radius 2 is 1.87 bits per heavy atom. The summed E-state index contributed by atoms with van der Waals surface area (Å²) in [5.74, 6) is 3.37. The van der Waals surface area contributed by atoms with Crippen LogP contribution in [0.5, 0.6) is 0 Å². The second-order valence-electron chi connectivity index (χ2n) is 4.47. The first-order chi connectivity index (χ1) is 7.43. The predicted molar refractivity (Wildman–Crippen MR) is 69.1 cm³/mol. The standard InChI is InChI=1S/C14H24Se/c1-2-3-4-5-6-10-13-15-14-11-8-7-9-12-14/h14H,2-9,11-12H2,1H3. The molecule has 0 radical (unpaired) electrons. The zero-order chi connectivity index (χ0) is 10.8. The van der Waals surface area contributed by atoms with Crippen molar-refractivity contribution in [2.24, 2.45) is 0 Å². The molecule has 0 aromatic heterocycles. The van der Waals surface area contributed by atoms with E-state index in [9.17, 15) is 0 Å². The Morgan fingerprint density at radius 3 is 2.60 bits per heavy atom. The zero-order valence-corrected chi connectivity index (χ0v) is 11.8. The van der Waals surface area contributed by atoms with Crippen molar-refractivity contribution >= 4 is 15.0 Å². The van der Waals surface area contributed by atoms with Crippen LogP contribution in [-0.2, 0) is 0 Å². The molecule has 0 atom stereocenters. The second kappa shape index (κ2) is 9.32. The molecule has 0 amide bonds. The number of hydrogen-bond acceptors (Lipinski definition) is 0. The van der Waals surface area contributed by atoms with Crippen LogP contribution in [0.25, 0.3) is 0 Å². The Kier molecular flexibility index (Phi) is 8.16. The van der Waals surface area contributed by atoms with Crippen LogP contribution in [0.4, 0.5) is 0 Å². The SMILES string of the molecule is CCCCCCC#C[Se]C1CCCCC1. The van der Waals surface area contributed by atoms with Crippen LogP contribution in [0.3, 0.4) is 0 Å². The first-order valence-corrected chi connectivity index (χ1v) is 8.41. The fourth-order valence-electron chi connectivity index (χ4n) is 2.00. The van der Waals surface area contributed by atoms with Gasteiger partial charge in [-0.2, -0.15) is 0 Å². The molecule has 0 aromatic rings. The second-order valence-corrected chi connectivity index (χ2v) is 6.79. The average molecular weight is 271 g/mol. The molecule has 0 spiro atoms. The predicted octanol–water partition coefficient (Wildman–Crippen LogP) is 4.37. The van der Waals surface area contributed by atoms with Gasteiger partial charge in [0.2, 0.25) is 0 Å². The van der Waals surface area contributed by atoms with Gasteiger partial charge in [0, 0.05) is 0 Å². The Morgan fingerprint density at radius 1 is 1.07 bits per heavy atom. The fraction of sp³-hybridized carbons (Fsp3) is 0.857. The van der Waals surface area contributed by atoms with Crippen molar-refractivity contribution in [1.82, 2.24) is 0 Å². The molecule has 0 nitrogen and oxygen atoms in total. The summed E-state index contributed by atoms with van der Waals surface area (Å²) in [7, 11) is 0. The average Bonchev–Trinajstić information content (AvgIpc) is 2.29. The van der Waals surface area contributed by atoms with E-state index < -0.39 is 0 Å². The van der Waals surface area contributed by atoms with Crippen molar-refractivity contribution in [3.05, 3.63) is 0 Å². The van der Waals surface area contributed by atoms with E-state index in [2.05, 4.69) is 17.7 Å². The summed E-state index contributed by atoms with van der Waals surface area (Å²) >= 11 is 0.630. The Bertz CT molecular complexity index is 193. The van der Waals surface area contributed by atoms with Gasteiger partial charge < -0.3 is 0 Å². The van der Waals surface area contributed by atoms with Gasteiger partial charge in [0.15, 0.2) is 0 Å². The molecule has 1 heteroatoms. The molecule has 1 rings (SSSR count). The maximum absolute atomic E-state index is 3.44. The zero-order valence-electron chi connectivity index (χ0n) is 10.1. The molecule has 0 aromatic carbocycles. The van der Waals surface area contributed by atoms with Gasteiger partial charge in [-0.3, -0.25) is 0 Å². The molecule has 0 N–H and O–H groups in total. The molecular weight excluding hydrogens is 247 g/mol. The van der Waals surface area contributed by atoms with Crippen LogP contribution in [-0.4, -0.2) is 15.0 Å². The first-order valence-electron chi connectivity index (χ1n) is 6.57. The van der Waals surface area contributed by atoms with Gasteiger partial charge in [-0.25, -0.2) is 0 Å². The molecule has 15 heavy (non-hydrogen) atoms. The Balaban J connectivity index is 1.95. The van der Waals surface area contributed by atoms with Gasteiger partial charge in [0.05, 0.1) is 0 Å². The summed E-state index contributed by atoms with van der Waals surface area (Å²) in [6.45, 7) is 2.26. The molecule has 0 bridgehead atoms. The summed E-state index contributed by atoms with van der Waals surface area (Å²) in [6.07, 6.45) is 13.9. The number of rotatable bonds is 5. The summed E-state index contributed by atoms with van der Waals surface area (Å²) < 4.78 is 0. The normalized spacial score (nSPS) is 17.1. The Hall–Kier alpha value is 0.0795. The molecule has 0 saturated heterocycles. The quantitative estimate of drug-likeness (QED) is 0.395. The van der Waals surface area contributed by atoms with E-state index in [1.54, 1.807) is 0 Å². The molecule has 1 saturated carbocycles. The summed E-state index contributed by atoms with van der Waals surface area (Å²) in [5, 5.41) is 0. The third-order valence-corrected chi connectivity index (χ3v) is 5.24. The molecular formula is C14H24Se. The van der Waals surface area contributed by atoms with Gasteiger partial charge >= 0.3 is 102 Å². The summed E-state index contributed by atoms with van der Waals surface area (Å²) in [5.41, 5.74) is 0. The van der Waals surface area contributed by atoms with Crippen molar-refractivity contribution in [3.8, 4) is 10.7 Å². The topological polar surface area (TPSA) is 0 Å². The molecule has 1 aliphatic rings. The van der Waals surface area contributed by atoms with Crippen molar-refractivity contribution in [3.63, 3.8) is 0 Å². The summed E-state index contributed by atoms with van der Waals surface area (Å²) in [4.78, 5) is 4.44. The number of hydrogen-bond donors (Lipinski definition) is 0. The van der Waals surface area contributed by atoms with E-state index in [1.807, 2.05) is 0 Å². The van der Waals surface area contributed by atoms with E-state index >= 15 is 0 Å². The minimum atomic E-state index is 0.630. The van der Waals surface area contributed by atoms with Gasteiger partial charge in [-0.15, -0.1) is 0 Å². The monoisotopic (exact) mass is 272 g/mol. The molecule has 86 valence electrons. The van der Waals surface area contributed by atoms with Crippen LogP contribution < -0.4 is 0 Å². The third-order valence-electron chi connectivity index (χ3n) is 3.01. The van der Waals surface area contributed by atoms with Crippen LogP contribution in [0.15, 0.2) is 0 Å². The molecule has 0 heterocycles. The van der Waals surface area contributed by atoms with Gasteiger partial charge in [-0.1, -0.05) is 0 Å². The van der Waals surface area contributed by atoms with Crippen LogP contribution >= 0.6 is 0 Å². The van der Waals surface area contributed by atoms with E-state index in [0.717, 1.165) is 11.2 Å². The van der Waals surface area contributed by atoms with Gasteiger partial charge in [-0.05, 0) is 0 Å². The van der Waals surface area contributed by atoms with E-state index in [4.69, 9.17) is 0 Å². The fourth-order valence-corrected chi connectivity index (χ4v) is 3.93. The van der Waals surface area contributed by atoms with E-state index in [1.165, 1.54) is 57.8 Å². The number of unbranched alkanes of at least 4 members (excludes halogenated alkanes) is 4. The Labute approximate surface area is 102 Å². The van der Waals surface area contributed by atoms with Crippen molar-refractivity contribution in [2.45, 2.75) is 75.9 Å². The van der Waals surface area contributed by atoms with Crippen molar-refractivity contribution < 1.29 is 0 Å². The molecule has 1 fully saturated rings. The molecule has 1 aliphatic carbocycles. The molecule has 0 unspecified atom stereocenters. The van der Waals surface area contributed by atoms with Crippen LogP contribution in [0.2, 0.25) is 4.82 Å². The van der Waals surface area contributed by atoms with Crippen molar-refractivity contribution in [1.29, 1.82) is 0 Å². The van der Waals surface area contributed by atoms with Crippen molar-refractivity contribution in [2.75, 3.05) is 0 Å². The summed E-state index contributed by atoms with van der Waals surface area (Å²) in [6, 6.07) is 0. The van der Waals surface area contributed by atoms with Gasteiger partial charge in [0.25, 0.3) is 0 Å². The van der Waals surface area contributed by atoms with Crippen LogP contribution in [0.1, 0.15) is 71.1 Å². The van der Waals surface area contributed by atoms with E-state index in [0.29, 0.717) is 15.0 Å². The van der Waals surface area contributed by atoms with Crippen LogP contribution in [0, 0.1) is 10.7 Å². The van der Waals surface area contributed by atoms with Gasteiger partial charge in [0.1, 0.15) is 0 Å².